The van der Waals surface area contributed by atoms with E-state index in [4.69, 9.17) is 10.5 Å². The second-order valence-electron chi connectivity index (χ2n) is 6.11. The molecule has 0 aliphatic heterocycles. The molecule has 146 valence electrons. The molecule has 0 atom stereocenters. The number of anilines is 1. The third kappa shape index (κ3) is 6.06. The van der Waals surface area contributed by atoms with Gasteiger partial charge in [-0.3, -0.25) is 4.79 Å². The third-order valence-corrected chi connectivity index (χ3v) is 5.50. The van der Waals surface area contributed by atoms with Gasteiger partial charge in [-0.1, -0.05) is 18.2 Å². The Bertz CT molecular complexity index is 880. The van der Waals surface area contributed by atoms with Crippen molar-refractivity contribution in [1.29, 1.82) is 0 Å². The maximum atomic E-state index is 12.5. The molecule has 0 radical (unpaired) electrons. The van der Waals surface area contributed by atoms with Crippen molar-refractivity contribution >= 4 is 21.6 Å². The summed E-state index contributed by atoms with van der Waals surface area (Å²) in [4.78, 5) is 12.5. The summed E-state index contributed by atoms with van der Waals surface area (Å²) >= 11 is 0. The Kier molecular flexibility index (Phi) is 7.35. The summed E-state index contributed by atoms with van der Waals surface area (Å²) in [6.45, 7) is 2.63. The van der Waals surface area contributed by atoms with Gasteiger partial charge >= 0.3 is 0 Å². The molecule has 0 unspecified atom stereocenters. The van der Waals surface area contributed by atoms with Gasteiger partial charge in [0.25, 0.3) is 5.91 Å². The van der Waals surface area contributed by atoms with Crippen molar-refractivity contribution < 1.29 is 17.9 Å². The molecule has 0 aliphatic carbocycles. The molecule has 0 aromatic heterocycles. The molecule has 0 heterocycles. The van der Waals surface area contributed by atoms with Crippen molar-refractivity contribution in [3.05, 3.63) is 59.2 Å². The van der Waals surface area contributed by atoms with E-state index in [-0.39, 0.29) is 24.0 Å². The van der Waals surface area contributed by atoms with Crippen molar-refractivity contribution in [3.63, 3.8) is 0 Å². The molecule has 1 amide bonds. The van der Waals surface area contributed by atoms with E-state index in [0.717, 1.165) is 5.56 Å². The first-order chi connectivity index (χ1) is 12.8. The number of methoxy groups -OCH3 is 1. The fourth-order valence-electron chi connectivity index (χ4n) is 2.47. The highest BCUT2D eigenvalue weighted by Gasteiger charge is 2.17. The Hall–Kier alpha value is -2.42. The number of ether oxygens (including phenoxy) is 1. The zero-order chi connectivity index (χ0) is 19.9. The number of benzene rings is 2. The monoisotopic (exact) mass is 391 g/mol. The Morgan fingerprint density at radius 2 is 1.81 bits per heavy atom. The first-order valence-corrected chi connectivity index (χ1v) is 10.0. The largest absolute Gasteiger partial charge is 0.399 e. The van der Waals surface area contributed by atoms with Gasteiger partial charge in [-0.15, -0.1) is 0 Å². The molecule has 27 heavy (non-hydrogen) atoms. The summed E-state index contributed by atoms with van der Waals surface area (Å²) in [6, 6.07) is 11.9. The second kappa shape index (κ2) is 9.50. The number of aryl methyl sites for hydroxylation is 1. The van der Waals surface area contributed by atoms with Gasteiger partial charge in [0.2, 0.25) is 10.0 Å². The van der Waals surface area contributed by atoms with Crippen LogP contribution < -0.4 is 15.8 Å². The van der Waals surface area contributed by atoms with Crippen LogP contribution in [0.15, 0.2) is 47.4 Å². The van der Waals surface area contributed by atoms with Gasteiger partial charge in [0.15, 0.2) is 0 Å². The van der Waals surface area contributed by atoms with Gasteiger partial charge in [0.1, 0.15) is 0 Å². The highest BCUT2D eigenvalue weighted by atomic mass is 32.2. The van der Waals surface area contributed by atoms with E-state index >= 15 is 0 Å². The predicted octanol–water partition coefficient (Wildman–Crippen LogP) is 1.47. The Balaban J connectivity index is 2.03. The van der Waals surface area contributed by atoms with Gasteiger partial charge < -0.3 is 15.8 Å². The zero-order valence-electron chi connectivity index (χ0n) is 15.5. The van der Waals surface area contributed by atoms with Crippen LogP contribution in [0.2, 0.25) is 0 Å². The summed E-state index contributed by atoms with van der Waals surface area (Å²) < 4.78 is 31.9. The van der Waals surface area contributed by atoms with Crippen LogP contribution in [0.3, 0.4) is 0 Å². The lowest BCUT2D eigenvalue weighted by atomic mass is 10.1. The van der Waals surface area contributed by atoms with Gasteiger partial charge in [0, 0.05) is 31.5 Å². The lowest BCUT2D eigenvalue weighted by Crippen LogP contribution is -2.29. The molecule has 0 aliphatic rings. The maximum absolute atomic E-state index is 12.5. The summed E-state index contributed by atoms with van der Waals surface area (Å²) in [5.41, 5.74) is 8.44. The van der Waals surface area contributed by atoms with E-state index in [1.165, 1.54) is 19.2 Å². The van der Waals surface area contributed by atoms with Crippen molar-refractivity contribution in [3.8, 4) is 0 Å². The maximum Gasteiger partial charge on any atom is 0.251 e. The molecular formula is C19H25N3O4S. The molecule has 0 fully saturated rings. The lowest BCUT2D eigenvalue weighted by molar-refractivity contribution is 0.0953. The summed E-state index contributed by atoms with van der Waals surface area (Å²) in [5.74, 6) is -0.308. The Morgan fingerprint density at radius 1 is 1.11 bits per heavy atom. The van der Waals surface area contributed by atoms with Crippen LogP contribution in [0.5, 0.6) is 0 Å². The van der Waals surface area contributed by atoms with E-state index in [1.807, 2.05) is 24.3 Å². The topological polar surface area (TPSA) is 111 Å². The number of carbonyl (C=O) groups is 1. The number of nitrogens with one attached hydrogen (secondary N) is 2. The van der Waals surface area contributed by atoms with Crippen LogP contribution in [0.1, 0.15) is 21.5 Å². The molecule has 7 nitrogen and oxygen atoms in total. The fraction of sp³-hybridized carbons (Fsp3) is 0.316. The average Bonchev–Trinajstić information content (AvgIpc) is 2.63. The number of hydrogen-bond donors (Lipinski definition) is 3. The SMILES string of the molecule is COCCNS(=O)(=O)c1ccc(C)c(C(=O)NCCc2ccc(N)cc2)c1. The highest BCUT2D eigenvalue weighted by Crippen LogP contribution is 2.16. The number of hydrogen-bond acceptors (Lipinski definition) is 5. The van der Waals surface area contributed by atoms with Crippen LogP contribution in [0.4, 0.5) is 5.69 Å². The van der Waals surface area contributed by atoms with Crippen LogP contribution in [0.25, 0.3) is 0 Å². The van der Waals surface area contributed by atoms with Crippen molar-refractivity contribution in [2.24, 2.45) is 0 Å². The number of rotatable bonds is 9. The van der Waals surface area contributed by atoms with Gasteiger partial charge in [-0.25, -0.2) is 13.1 Å². The third-order valence-electron chi connectivity index (χ3n) is 4.04. The lowest BCUT2D eigenvalue weighted by Gasteiger charge is -2.11. The molecule has 8 heteroatoms. The van der Waals surface area contributed by atoms with Crippen molar-refractivity contribution in [2.45, 2.75) is 18.2 Å². The molecule has 0 saturated carbocycles. The van der Waals surface area contributed by atoms with Gasteiger partial charge in [-0.05, 0) is 48.7 Å². The zero-order valence-corrected chi connectivity index (χ0v) is 16.3. The average molecular weight is 391 g/mol. The molecular weight excluding hydrogens is 366 g/mol. The minimum atomic E-state index is -3.69. The number of sulfonamides is 1. The molecule has 2 aromatic rings. The number of nitrogens with two attached hydrogens (primary N) is 1. The highest BCUT2D eigenvalue weighted by molar-refractivity contribution is 7.89. The van der Waals surface area contributed by atoms with Crippen molar-refractivity contribution in [1.82, 2.24) is 10.0 Å². The molecule has 2 aromatic carbocycles. The quantitative estimate of drug-likeness (QED) is 0.443. The molecule has 4 N–H and O–H groups in total. The van der Waals surface area contributed by atoms with E-state index in [9.17, 15) is 13.2 Å². The second-order valence-corrected chi connectivity index (χ2v) is 7.88. The minimum Gasteiger partial charge on any atom is -0.399 e. The minimum absolute atomic E-state index is 0.0490. The number of carbonyl (C=O) groups excluding carboxylic acids is 1. The van der Waals surface area contributed by atoms with Gasteiger partial charge in [-0.2, -0.15) is 0 Å². The number of amides is 1. The number of nitrogen functional groups attached to an aromatic ring is 1. The summed E-state index contributed by atoms with van der Waals surface area (Å²) in [6.07, 6.45) is 0.654. The molecule has 0 spiro atoms. The van der Waals surface area contributed by atoms with Gasteiger partial charge in [0.05, 0.1) is 11.5 Å². The van der Waals surface area contributed by atoms with E-state index in [1.54, 1.807) is 13.0 Å². The Morgan fingerprint density at radius 3 is 2.48 bits per heavy atom. The van der Waals surface area contributed by atoms with Crippen LogP contribution >= 0.6 is 0 Å². The standard InChI is InChI=1S/C19H25N3O4S/c1-14-3-8-17(27(24,25)22-11-12-26-2)13-18(14)19(23)21-10-9-15-4-6-16(20)7-5-15/h3-8,13,22H,9-12,20H2,1-2H3,(H,21,23). The smallest absolute Gasteiger partial charge is 0.251 e. The van der Waals surface area contributed by atoms with Crippen LogP contribution in [0, 0.1) is 6.92 Å². The fourth-order valence-corrected chi connectivity index (χ4v) is 3.51. The predicted molar refractivity (Wildman–Crippen MR) is 105 cm³/mol. The van der Waals surface area contributed by atoms with E-state index in [0.29, 0.717) is 29.8 Å². The molecule has 0 saturated heterocycles. The van der Waals surface area contributed by atoms with Crippen LogP contribution in [-0.2, 0) is 21.2 Å². The normalized spacial score (nSPS) is 11.3. The first-order valence-electron chi connectivity index (χ1n) is 8.55. The van der Waals surface area contributed by atoms with Crippen molar-refractivity contribution in [2.75, 3.05) is 32.5 Å². The van der Waals surface area contributed by atoms with E-state index in [2.05, 4.69) is 10.0 Å². The summed E-state index contributed by atoms with van der Waals surface area (Å²) in [7, 11) is -2.20. The molecule has 0 bridgehead atoms. The summed E-state index contributed by atoms with van der Waals surface area (Å²) in [5, 5.41) is 2.83. The molecule has 2 rings (SSSR count). The first kappa shape index (κ1) is 20.9. The Labute approximate surface area is 160 Å². The van der Waals surface area contributed by atoms with Crippen LogP contribution in [-0.4, -0.2) is 41.1 Å². The van der Waals surface area contributed by atoms with E-state index < -0.39 is 10.0 Å².